The molecule has 0 heterocycles. The summed E-state index contributed by atoms with van der Waals surface area (Å²) in [7, 11) is -1.62. The number of allylic oxidation sites excluding steroid dienone is 1. The molecule has 1 atom stereocenters. The van der Waals surface area contributed by atoms with Crippen molar-refractivity contribution < 1.29 is 9.53 Å². The van der Waals surface area contributed by atoms with Gasteiger partial charge < -0.3 is 9.53 Å². The van der Waals surface area contributed by atoms with Gasteiger partial charge in [-0.15, -0.1) is 0 Å². The number of hydrogen-bond acceptors (Lipinski definition) is 2. The molecule has 0 rings (SSSR count). The van der Waals surface area contributed by atoms with Gasteiger partial charge in [0.05, 0.1) is 12.7 Å². The lowest BCUT2D eigenvalue weighted by Gasteiger charge is -2.36. The summed E-state index contributed by atoms with van der Waals surface area (Å²) in [5.41, 5.74) is 1.27. The van der Waals surface area contributed by atoms with Crippen molar-refractivity contribution in [3.8, 4) is 0 Å². The molecule has 2 nitrogen and oxygen atoms in total. The predicted octanol–water partition coefficient (Wildman–Crippen LogP) is 4.12. The van der Waals surface area contributed by atoms with Crippen LogP contribution in [0.3, 0.4) is 0 Å². The Morgan fingerprint density at radius 1 is 1.35 bits per heavy atom. The van der Waals surface area contributed by atoms with Crippen molar-refractivity contribution in [1.82, 2.24) is 0 Å². The largest absolute Gasteiger partial charge is 0.413 e. The molecule has 0 radical (unpaired) electrons. The first-order chi connectivity index (χ1) is 7.56. The second-order valence-electron chi connectivity index (χ2n) is 6.53. The highest BCUT2D eigenvalue weighted by Gasteiger charge is 2.36. The normalized spacial score (nSPS) is 16.1. The lowest BCUT2D eigenvalue weighted by molar-refractivity contribution is 0.185. The third-order valence-electron chi connectivity index (χ3n) is 3.54. The highest BCUT2D eigenvalue weighted by Crippen LogP contribution is 2.36. The zero-order valence-corrected chi connectivity index (χ0v) is 13.6. The number of hydrogen-bond donors (Lipinski definition) is 1. The molecule has 0 spiro atoms. The van der Waals surface area contributed by atoms with Gasteiger partial charge in [0.15, 0.2) is 8.32 Å². The molecule has 0 aromatic rings. The summed E-state index contributed by atoms with van der Waals surface area (Å²) in [5, 5.41) is 9.45. The molecule has 0 amide bonds. The molecule has 102 valence electrons. The fourth-order valence-electron chi connectivity index (χ4n) is 1.14. The molecule has 0 aliphatic heterocycles. The van der Waals surface area contributed by atoms with Gasteiger partial charge in [-0.25, -0.2) is 0 Å². The zero-order chi connectivity index (χ0) is 13.7. The third-order valence-corrected chi connectivity index (χ3v) is 8.02. The van der Waals surface area contributed by atoms with Crippen molar-refractivity contribution in [2.24, 2.45) is 0 Å². The van der Waals surface area contributed by atoms with Crippen molar-refractivity contribution in [3.05, 3.63) is 11.6 Å². The topological polar surface area (TPSA) is 29.5 Å². The molecule has 17 heavy (non-hydrogen) atoms. The minimum atomic E-state index is -1.62. The van der Waals surface area contributed by atoms with Gasteiger partial charge in [-0.3, -0.25) is 0 Å². The van der Waals surface area contributed by atoms with E-state index in [2.05, 4.69) is 46.9 Å². The first kappa shape index (κ1) is 16.9. The van der Waals surface area contributed by atoms with E-state index in [0.717, 1.165) is 19.4 Å². The van der Waals surface area contributed by atoms with Crippen LogP contribution in [-0.2, 0) is 4.43 Å². The molecule has 3 heteroatoms. The predicted molar refractivity (Wildman–Crippen MR) is 77.8 cm³/mol. The molecule has 0 aliphatic rings. The van der Waals surface area contributed by atoms with Crippen molar-refractivity contribution in [2.75, 3.05) is 6.61 Å². The molecular weight excluding hydrogens is 228 g/mol. The van der Waals surface area contributed by atoms with Crippen molar-refractivity contribution >= 4 is 8.32 Å². The van der Waals surface area contributed by atoms with E-state index in [1.807, 2.05) is 6.92 Å². The lowest BCUT2D eigenvalue weighted by Crippen LogP contribution is -2.41. The smallest absolute Gasteiger partial charge is 0.192 e. The van der Waals surface area contributed by atoms with Gasteiger partial charge in [0.25, 0.3) is 0 Å². The van der Waals surface area contributed by atoms with Crippen LogP contribution >= 0.6 is 0 Å². The average molecular weight is 258 g/mol. The van der Waals surface area contributed by atoms with E-state index < -0.39 is 8.32 Å². The maximum atomic E-state index is 9.18. The second-order valence-corrected chi connectivity index (χ2v) is 11.3. The first-order valence-corrected chi connectivity index (χ1v) is 9.45. The van der Waals surface area contributed by atoms with E-state index in [0.29, 0.717) is 0 Å². The van der Waals surface area contributed by atoms with E-state index in [4.69, 9.17) is 4.43 Å². The van der Waals surface area contributed by atoms with E-state index in [-0.39, 0.29) is 11.1 Å². The first-order valence-electron chi connectivity index (χ1n) is 6.54. The Labute approximate surface area is 108 Å². The van der Waals surface area contributed by atoms with E-state index >= 15 is 0 Å². The molecule has 0 fully saturated rings. The lowest BCUT2D eigenvalue weighted by atomic mass is 10.2. The molecule has 0 saturated heterocycles. The third kappa shape index (κ3) is 7.01. The fourth-order valence-corrected chi connectivity index (χ4v) is 2.16. The van der Waals surface area contributed by atoms with Gasteiger partial charge >= 0.3 is 0 Å². The van der Waals surface area contributed by atoms with Crippen molar-refractivity contribution in [3.63, 3.8) is 0 Å². The number of aliphatic hydroxyl groups excluding tert-OH is 1. The van der Waals surface area contributed by atoms with Gasteiger partial charge in [-0.1, -0.05) is 32.4 Å². The van der Waals surface area contributed by atoms with Crippen LogP contribution < -0.4 is 0 Å². The molecule has 0 aromatic carbocycles. The summed E-state index contributed by atoms with van der Waals surface area (Å²) in [4.78, 5) is 0. The monoisotopic (exact) mass is 258 g/mol. The van der Waals surface area contributed by atoms with Crippen LogP contribution in [0.15, 0.2) is 11.6 Å². The highest BCUT2D eigenvalue weighted by atomic mass is 28.4. The molecule has 0 unspecified atom stereocenters. The maximum Gasteiger partial charge on any atom is 0.192 e. The van der Waals surface area contributed by atoms with Crippen LogP contribution in [-0.4, -0.2) is 26.1 Å². The maximum absolute atomic E-state index is 9.18. The van der Waals surface area contributed by atoms with Crippen LogP contribution in [0.4, 0.5) is 0 Å². The molecule has 0 saturated carbocycles. The molecule has 0 aliphatic carbocycles. The summed E-state index contributed by atoms with van der Waals surface area (Å²) < 4.78 is 6.12. The van der Waals surface area contributed by atoms with Gasteiger partial charge in [-0.05, 0) is 44.8 Å². The standard InChI is InChI=1S/C14H30O2Si/c1-12(9-8-10-13(2)15)11-16-17(6,7)14(3,4)5/h9,13,15H,8,10-11H2,1-7H3/b12-9+/t13-/m0/s1. The van der Waals surface area contributed by atoms with Gasteiger partial charge in [0.1, 0.15) is 0 Å². The van der Waals surface area contributed by atoms with Crippen molar-refractivity contribution in [1.29, 1.82) is 0 Å². The van der Waals surface area contributed by atoms with Crippen LogP contribution in [0.1, 0.15) is 47.5 Å². The average Bonchev–Trinajstić information content (AvgIpc) is 2.12. The van der Waals surface area contributed by atoms with Gasteiger partial charge in [0.2, 0.25) is 0 Å². The number of rotatable bonds is 6. The number of aliphatic hydroxyl groups is 1. The molecule has 0 bridgehead atoms. The Hall–Kier alpha value is -0.123. The van der Waals surface area contributed by atoms with E-state index in [1.54, 1.807) is 0 Å². The van der Waals surface area contributed by atoms with Crippen LogP contribution in [0.2, 0.25) is 18.1 Å². The van der Waals surface area contributed by atoms with Crippen molar-refractivity contribution in [2.45, 2.75) is 71.7 Å². The Morgan fingerprint density at radius 3 is 2.29 bits per heavy atom. The summed E-state index contributed by atoms with van der Waals surface area (Å²) in [6.45, 7) is 16.0. The fraction of sp³-hybridized carbons (Fsp3) is 0.857. The molecule has 0 aromatic heterocycles. The minimum Gasteiger partial charge on any atom is -0.413 e. The molecule has 1 N–H and O–H groups in total. The Balaban J connectivity index is 4.11. The quantitative estimate of drug-likeness (QED) is 0.574. The summed E-state index contributed by atoms with van der Waals surface area (Å²) in [5.74, 6) is 0. The SMILES string of the molecule is C/C(=C\CC[C@H](C)O)CO[Si](C)(C)C(C)(C)C. The summed E-state index contributed by atoms with van der Waals surface area (Å²) in [6.07, 6.45) is 3.74. The second kappa shape index (κ2) is 6.71. The van der Waals surface area contributed by atoms with Crippen LogP contribution in [0.5, 0.6) is 0 Å². The Morgan fingerprint density at radius 2 is 1.88 bits per heavy atom. The van der Waals surface area contributed by atoms with E-state index in [9.17, 15) is 5.11 Å². The summed E-state index contributed by atoms with van der Waals surface area (Å²) in [6, 6.07) is 0. The Kier molecular flexibility index (Phi) is 6.67. The van der Waals surface area contributed by atoms with Gasteiger partial charge in [0, 0.05) is 0 Å². The summed E-state index contributed by atoms with van der Waals surface area (Å²) >= 11 is 0. The Bertz CT molecular complexity index is 249. The van der Waals surface area contributed by atoms with Crippen LogP contribution in [0, 0.1) is 0 Å². The van der Waals surface area contributed by atoms with Crippen LogP contribution in [0.25, 0.3) is 0 Å². The van der Waals surface area contributed by atoms with Gasteiger partial charge in [-0.2, -0.15) is 0 Å². The highest BCUT2D eigenvalue weighted by molar-refractivity contribution is 6.74. The van der Waals surface area contributed by atoms with E-state index in [1.165, 1.54) is 5.57 Å². The minimum absolute atomic E-state index is 0.208. The zero-order valence-electron chi connectivity index (χ0n) is 12.6. The molecular formula is C14H30O2Si.